The van der Waals surface area contributed by atoms with Crippen molar-refractivity contribution in [1.82, 2.24) is 4.90 Å². The van der Waals surface area contributed by atoms with Crippen LogP contribution in [0.15, 0.2) is 55.3 Å². The van der Waals surface area contributed by atoms with Crippen LogP contribution in [0.25, 0.3) is 0 Å². The van der Waals surface area contributed by atoms with Crippen molar-refractivity contribution in [2.45, 2.75) is 13.5 Å². The van der Waals surface area contributed by atoms with E-state index in [2.05, 4.69) is 13.2 Å². The average molecular weight is 201 g/mol. The maximum absolute atomic E-state index is 11.5. The summed E-state index contributed by atoms with van der Waals surface area (Å²) in [7, 11) is 0. The molecule has 0 fully saturated rings. The molecule has 0 aliphatic carbocycles. The summed E-state index contributed by atoms with van der Waals surface area (Å²) in [5.41, 5.74) is 1.81. The van der Waals surface area contributed by atoms with E-state index >= 15 is 0 Å². The van der Waals surface area contributed by atoms with Crippen molar-refractivity contribution in [2.75, 3.05) is 0 Å². The molecule has 0 heterocycles. The first kappa shape index (κ1) is 11.2. The molecule has 0 bridgehead atoms. The fraction of sp³-hybridized carbons (Fsp3) is 0.154. The standard InChI is InChI=1S/C13H15NO/c1-4-13(15)14(11(2)3)10-12-8-6-5-7-9-12/h4-9H,1-2,10H2,3H3. The Morgan fingerprint density at radius 2 is 2.00 bits per heavy atom. The fourth-order valence-electron chi connectivity index (χ4n) is 1.28. The lowest BCUT2D eigenvalue weighted by Gasteiger charge is -2.20. The molecule has 78 valence electrons. The number of hydrogen-bond acceptors (Lipinski definition) is 1. The highest BCUT2D eigenvalue weighted by atomic mass is 16.2. The Morgan fingerprint density at radius 1 is 1.40 bits per heavy atom. The molecule has 0 saturated heterocycles. The van der Waals surface area contributed by atoms with Gasteiger partial charge in [0, 0.05) is 5.70 Å². The summed E-state index contributed by atoms with van der Waals surface area (Å²) >= 11 is 0. The van der Waals surface area contributed by atoms with Crippen molar-refractivity contribution in [3.8, 4) is 0 Å². The summed E-state index contributed by atoms with van der Waals surface area (Å²) in [5.74, 6) is -0.119. The van der Waals surface area contributed by atoms with Crippen LogP contribution in [0.2, 0.25) is 0 Å². The second kappa shape index (κ2) is 5.15. The molecular formula is C13H15NO. The molecule has 1 aromatic rings. The van der Waals surface area contributed by atoms with Gasteiger partial charge in [-0.2, -0.15) is 0 Å². The summed E-state index contributed by atoms with van der Waals surface area (Å²) in [4.78, 5) is 13.1. The predicted molar refractivity (Wildman–Crippen MR) is 62.0 cm³/mol. The molecule has 0 N–H and O–H groups in total. The minimum Gasteiger partial charge on any atom is -0.309 e. The highest BCUT2D eigenvalue weighted by Crippen LogP contribution is 2.09. The van der Waals surface area contributed by atoms with E-state index in [1.165, 1.54) is 6.08 Å². The first-order chi connectivity index (χ1) is 7.15. The minimum absolute atomic E-state index is 0.119. The lowest BCUT2D eigenvalue weighted by Crippen LogP contribution is -2.26. The Morgan fingerprint density at radius 3 is 2.47 bits per heavy atom. The first-order valence-corrected chi connectivity index (χ1v) is 4.78. The largest absolute Gasteiger partial charge is 0.309 e. The van der Waals surface area contributed by atoms with Crippen molar-refractivity contribution in [3.05, 3.63) is 60.8 Å². The first-order valence-electron chi connectivity index (χ1n) is 4.78. The van der Waals surface area contributed by atoms with Crippen molar-refractivity contribution in [2.24, 2.45) is 0 Å². The van der Waals surface area contributed by atoms with E-state index in [0.29, 0.717) is 6.54 Å². The van der Waals surface area contributed by atoms with Gasteiger partial charge in [-0.05, 0) is 18.6 Å². The van der Waals surface area contributed by atoms with Crippen LogP contribution in [0, 0.1) is 0 Å². The smallest absolute Gasteiger partial charge is 0.250 e. The molecule has 0 aromatic heterocycles. The van der Waals surface area contributed by atoms with Crippen LogP contribution in [0.3, 0.4) is 0 Å². The Bertz CT molecular complexity index is 367. The molecule has 0 unspecified atom stereocenters. The van der Waals surface area contributed by atoms with E-state index in [4.69, 9.17) is 0 Å². The van der Waals surface area contributed by atoms with E-state index in [1.54, 1.807) is 4.90 Å². The lowest BCUT2D eigenvalue weighted by molar-refractivity contribution is -0.124. The summed E-state index contributed by atoms with van der Waals surface area (Å²) in [6.45, 7) is 9.60. The zero-order valence-corrected chi connectivity index (χ0v) is 8.94. The van der Waals surface area contributed by atoms with Crippen LogP contribution < -0.4 is 0 Å². The summed E-state index contributed by atoms with van der Waals surface area (Å²) in [5, 5.41) is 0. The monoisotopic (exact) mass is 201 g/mol. The molecule has 0 atom stereocenters. The third-order valence-electron chi connectivity index (χ3n) is 2.08. The van der Waals surface area contributed by atoms with Gasteiger partial charge >= 0.3 is 0 Å². The number of benzene rings is 1. The topological polar surface area (TPSA) is 20.3 Å². The lowest BCUT2D eigenvalue weighted by atomic mass is 10.2. The summed E-state index contributed by atoms with van der Waals surface area (Å²) in [6, 6.07) is 9.80. The van der Waals surface area contributed by atoms with Crippen LogP contribution in [-0.2, 0) is 11.3 Å². The van der Waals surface area contributed by atoms with E-state index in [-0.39, 0.29) is 5.91 Å². The van der Waals surface area contributed by atoms with Crippen molar-refractivity contribution >= 4 is 5.91 Å². The molecule has 2 heteroatoms. The van der Waals surface area contributed by atoms with Crippen molar-refractivity contribution in [1.29, 1.82) is 0 Å². The van der Waals surface area contributed by atoms with Gasteiger partial charge in [-0.1, -0.05) is 43.5 Å². The number of carbonyl (C=O) groups is 1. The highest BCUT2D eigenvalue weighted by molar-refractivity contribution is 5.88. The van der Waals surface area contributed by atoms with E-state index in [0.717, 1.165) is 11.3 Å². The van der Waals surface area contributed by atoms with Gasteiger partial charge in [-0.25, -0.2) is 0 Å². The second-order valence-corrected chi connectivity index (χ2v) is 3.35. The number of rotatable bonds is 4. The molecule has 0 radical (unpaired) electrons. The normalized spacial score (nSPS) is 9.40. The van der Waals surface area contributed by atoms with E-state index in [9.17, 15) is 4.79 Å². The molecular weight excluding hydrogens is 186 g/mol. The second-order valence-electron chi connectivity index (χ2n) is 3.35. The minimum atomic E-state index is -0.119. The zero-order valence-electron chi connectivity index (χ0n) is 8.94. The third-order valence-corrected chi connectivity index (χ3v) is 2.08. The molecule has 0 saturated carbocycles. The average Bonchev–Trinajstić information content (AvgIpc) is 2.26. The Kier molecular flexibility index (Phi) is 3.86. The van der Waals surface area contributed by atoms with Gasteiger partial charge in [0.2, 0.25) is 5.91 Å². The molecule has 0 spiro atoms. The zero-order chi connectivity index (χ0) is 11.3. The Balaban J connectivity index is 2.80. The molecule has 2 nitrogen and oxygen atoms in total. The molecule has 1 aromatic carbocycles. The molecule has 0 aliphatic rings. The maximum Gasteiger partial charge on any atom is 0.250 e. The highest BCUT2D eigenvalue weighted by Gasteiger charge is 2.10. The number of carbonyl (C=O) groups excluding carboxylic acids is 1. The van der Waals surface area contributed by atoms with Gasteiger partial charge in [0.15, 0.2) is 0 Å². The van der Waals surface area contributed by atoms with Gasteiger partial charge in [0.05, 0.1) is 6.54 Å². The van der Waals surface area contributed by atoms with Gasteiger partial charge in [0.25, 0.3) is 0 Å². The van der Waals surface area contributed by atoms with Gasteiger partial charge in [0.1, 0.15) is 0 Å². The summed E-state index contributed by atoms with van der Waals surface area (Å²) < 4.78 is 0. The molecule has 1 amide bonds. The molecule has 15 heavy (non-hydrogen) atoms. The number of allylic oxidation sites excluding steroid dienone is 1. The van der Waals surface area contributed by atoms with Crippen LogP contribution in [0.4, 0.5) is 0 Å². The SMILES string of the molecule is C=CC(=O)N(Cc1ccccc1)C(=C)C. The van der Waals surface area contributed by atoms with Crippen molar-refractivity contribution in [3.63, 3.8) is 0 Å². The van der Waals surface area contributed by atoms with E-state index in [1.807, 2.05) is 37.3 Å². The number of hydrogen-bond donors (Lipinski definition) is 0. The Labute approximate surface area is 90.5 Å². The Hall–Kier alpha value is -1.83. The van der Waals surface area contributed by atoms with E-state index < -0.39 is 0 Å². The quantitative estimate of drug-likeness (QED) is 0.686. The van der Waals surface area contributed by atoms with Crippen LogP contribution in [0.5, 0.6) is 0 Å². The van der Waals surface area contributed by atoms with Gasteiger partial charge < -0.3 is 4.90 Å². The van der Waals surface area contributed by atoms with Crippen molar-refractivity contribution < 1.29 is 4.79 Å². The van der Waals surface area contributed by atoms with Gasteiger partial charge in [-0.3, -0.25) is 4.79 Å². The van der Waals surface area contributed by atoms with Crippen LogP contribution >= 0.6 is 0 Å². The number of amides is 1. The third kappa shape index (κ3) is 3.09. The molecule has 1 rings (SSSR count). The van der Waals surface area contributed by atoms with Crippen LogP contribution in [-0.4, -0.2) is 10.8 Å². The predicted octanol–water partition coefficient (Wildman–Crippen LogP) is 2.73. The molecule has 0 aliphatic heterocycles. The number of nitrogens with zero attached hydrogens (tertiary/aromatic N) is 1. The maximum atomic E-state index is 11.5. The van der Waals surface area contributed by atoms with Gasteiger partial charge in [-0.15, -0.1) is 0 Å². The van der Waals surface area contributed by atoms with Crippen LogP contribution in [0.1, 0.15) is 12.5 Å². The summed E-state index contributed by atoms with van der Waals surface area (Å²) in [6.07, 6.45) is 1.30. The fourth-order valence-corrected chi connectivity index (χ4v) is 1.28.